The third-order valence-corrected chi connectivity index (χ3v) is 3.53. The van der Waals surface area contributed by atoms with Crippen molar-refractivity contribution in [2.45, 2.75) is 18.4 Å². The molecule has 0 amide bonds. The standard InChI is InChI=1S/C9H11N5O3S/c1-6-13-8(14-17-6)5-12-18(15,16)7-3-2-4-11-9(7)10/h2-4,12H,5H2,1H3,(H2,10,11). The molecule has 0 unspecified atom stereocenters. The van der Waals surface area contributed by atoms with Crippen LogP contribution in [0.3, 0.4) is 0 Å². The van der Waals surface area contributed by atoms with E-state index in [4.69, 9.17) is 10.3 Å². The van der Waals surface area contributed by atoms with Crippen molar-refractivity contribution in [1.29, 1.82) is 0 Å². The highest BCUT2D eigenvalue weighted by Gasteiger charge is 2.18. The molecule has 3 N–H and O–H groups in total. The summed E-state index contributed by atoms with van der Waals surface area (Å²) in [6, 6.07) is 2.86. The molecule has 0 aromatic carbocycles. The minimum Gasteiger partial charge on any atom is -0.383 e. The average molecular weight is 269 g/mol. The summed E-state index contributed by atoms with van der Waals surface area (Å²) in [6.45, 7) is 1.54. The highest BCUT2D eigenvalue weighted by Crippen LogP contribution is 2.14. The molecule has 0 fully saturated rings. The molecule has 9 heteroatoms. The zero-order chi connectivity index (χ0) is 13.2. The van der Waals surface area contributed by atoms with Crippen LogP contribution in [0.25, 0.3) is 0 Å². The number of pyridine rings is 1. The lowest BCUT2D eigenvalue weighted by atomic mass is 10.5. The molecule has 0 aliphatic heterocycles. The van der Waals surface area contributed by atoms with Crippen LogP contribution >= 0.6 is 0 Å². The Balaban J connectivity index is 2.16. The monoisotopic (exact) mass is 269 g/mol. The molecule has 2 aromatic rings. The van der Waals surface area contributed by atoms with Crippen molar-refractivity contribution in [2.75, 3.05) is 5.73 Å². The summed E-state index contributed by atoms with van der Waals surface area (Å²) in [6.07, 6.45) is 1.41. The predicted molar refractivity (Wildman–Crippen MR) is 61.7 cm³/mol. The number of rotatable bonds is 4. The van der Waals surface area contributed by atoms with E-state index in [0.29, 0.717) is 5.89 Å². The smallest absolute Gasteiger partial charge is 0.244 e. The van der Waals surface area contributed by atoms with Crippen LogP contribution in [0.5, 0.6) is 0 Å². The van der Waals surface area contributed by atoms with Gasteiger partial charge in [0.2, 0.25) is 15.9 Å². The molecule has 2 rings (SSSR count). The maximum Gasteiger partial charge on any atom is 0.244 e. The van der Waals surface area contributed by atoms with Crippen molar-refractivity contribution in [3.05, 3.63) is 30.0 Å². The van der Waals surface area contributed by atoms with Gasteiger partial charge in [-0.1, -0.05) is 5.16 Å². The second-order valence-electron chi connectivity index (χ2n) is 3.44. The average Bonchev–Trinajstić information content (AvgIpc) is 2.73. The maximum absolute atomic E-state index is 11.9. The van der Waals surface area contributed by atoms with E-state index in [1.54, 1.807) is 6.92 Å². The SMILES string of the molecule is Cc1nc(CNS(=O)(=O)c2cccnc2N)no1. The Kier molecular flexibility index (Phi) is 3.26. The van der Waals surface area contributed by atoms with Crippen LogP contribution in [-0.2, 0) is 16.6 Å². The Bertz CT molecular complexity index is 652. The van der Waals surface area contributed by atoms with Crippen molar-refractivity contribution >= 4 is 15.8 Å². The maximum atomic E-state index is 11.9. The number of sulfonamides is 1. The summed E-state index contributed by atoms with van der Waals surface area (Å²) in [4.78, 5) is 7.51. The molecule has 0 bridgehead atoms. The van der Waals surface area contributed by atoms with Gasteiger partial charge in [-0.3, -0.25) is 0 Å². The van der Waals surface area contributed by atoms with Crippen molar-refractivity contribution < 1.29 is 12.9 Å². The van der Waals surface area contributed by atoms with Crippen LogP contribution < -0.4 is 10.5 Å². The van der Waals surface area contributed by atoms with E-state index in [1.165, 1.54) is 18.3 Å². The third kappa shape index (κ3) is 2.63. The lowest BCUT2D eigenvalue weighted by Gasteiger charge is -2.06. The number of nitrogens with two attached hydrogens (primary N) is 1. The predicted octanol–water partition coefficient (Wildman–Crippen LogP) is -0.166. The second-order valence-corrected chi connectivity index (χ2v) is 5.18. The number of hydrogen-bond donors (Lipinski definition) is 2. The van der Waals surface area contributed by atoms with Crippen molar-refractivity contribution in [1.82, 2.24) is 19.8 Å². The molecule has 0 saturated heterocycles. The summed E-state index contributed by atoms with van der Waals surface area (Å²) in [7, 11) is -3.74. The fourth-order valence-corrected chi connectivity index (χ4v) is 2.34. The van der Waals surface area contributed by atoms with Gasteiger partial charge < -0.3 is 10.3 Å². The summed E-state index contributed by atoms with van der Waals surface area (Å²) in [5, 5.41) is 3.58. The summed E-state index contributed by atoms with van der Waals surface area (Å²) < 4.78 is 30.9. The lowest BCUT2D eigenvalue weighted by Crippen LogP contribution is -2.25. The Morgan fingerprint density at radius 2 is 2.28 bits per heavy atom. The molecule has 2 aromatic heterocycles. The quantitative estimate of drug-likeness (QED) is 0.789. The fraction of sp³-hybridized carbons (Fsp3) is 0.222. The van der Waals surface area contributed by atoms with Gasteiger partial charge in [0.05, 0.1) is 6.54 Å². The fourth-order valence-electron chi connectivity index (χ4n) is 1.28. The van der Waals surface area contributed by atoms with E-state index in [2.05, 4.69) is 19.8 Å². The van der Waals surface area contributed by atoms with Crippen molar-refractivity contribution in [3.63, 3.8) is 0 Å². The molecule has 0 aliphatic carbocycles. The van der Waals surface area contributed by atoms with Crippen LogP contribution in [0.1, 0.15) is 11.7 Å². The minimum absolute atomic E-state index is 0.0608. The number of nitrogen functional groups attached to an aromatic ring is 1. The van der Waals surface area contributed by atoms with Gasteiger partial charge in [-0.25, -0.2) is 18.1 Å². The number of anilines is 1. The largest absolute Gasteiger partial charge is 0.383 e. The molecule has 96 valence electrons. The molecule has 0 saturated carbocycles. The number of aryl methyl sites for hydroxylation is 1. The van der Waals surface area contributed by atoms with Gasteiger partial charge in [0.15, 0.2) is 5.82 Å². The molecule has 0 radical (unpaired) electrons. The zero-order valence-electron chi connectivity index (χ0n) is 9.49. The van der Waals surface area contributed by atoms with E-state index in [1.807, 2.05) is 0 Å². The van der Waals surface area contributed by atoms with E-state index >= 15 is 0 Å². The number of aromatic nitrogens is 3. The lowest BCUT2D eigenvalue weighted by molar-refractivity contribution is 0.387. The summed E-state index contributed by atoms with van der Waals surface area (Å²) in [5.41, 5.74) is 5.50. The number of nitrogens with zero attached hydrogens (tertiary/aromatic N) is 3. The number of nitrogens with one attached hydrogen (secondary N) is 1. The topological polar surface area (TPSA) is 124 Å². The first-order valence-corrected chi connectivity index (χ1v) is 6.47. The Morgan fingerprint density at radius 1 is 1.50 bits per heavy atom. The minimum atomic E-state index is -3.74. The van der Waals surface area contributed by atoms with Gasteiger partial charge in [0, 0.05) is 13.1 Å². The van der Waals surface area contributed by atoms with Crippen LogP contribution in [0.15, 0.2) is 27.7 Å². The Morgan fingerprint density at radius 3 is 2.89 bits per heavy atom. The molecular weight excluding hydrogens is 258 g/mol. The van der Waals surface area contributed by atoms with Crippen molar-refractivity contribution in [2.24, 2.45) is 0 Å². The molecule has 0 spiro atoms. The highest BCUT2D eigenvalue weighted by atomic mass is 32.2. The van der Waals surface area contributed by atoms with E-state index in [9.17, 15) is 8.42 Å². The molecule has 2 heterocycles. The molecule has 8 nitrogen and oxygen atoms in total. The first-order valence-electron chi connectivity index (χ1n) is 4.98. The molecule has 0 atom stereocenters. The van der Waals surface area contributed by atoms with Gasteiger partial charge in [0.25, 0.3) is 0 Å². The van der Waals surface area contributed by atoms with E-state index in [-0.39, 0.29) is 23.1 Å². The molecular formula is C9H11N5O3S. The van der Waals surface area contributed by atoms with Gasteiger partial charge in [-0.05, 0) is 12.1 Å². The zero-order valence-corrected chi connectivity index (χ0v) is 10.3. The summed E-state index contributed by atoms with van der Waals surface area (Å²) in [5.74, 6) is 0.554. The van der Waals surface area contributed by atoms with Crippen LogP contribution in [0.4, 0.5) is 5.82 Å². The van der Waals surface area contributed by atoms with Gasteiger partial charge >= 0.3 is 0 Å². The van der Waals surface area contributed by atoms with Gasteiger partial charge in [-0.15, -0.1) is 0 Å². The Hall–Kier alpha value is -2.00. The first kappa shape index (κ1) is 12.5. The van der Waals surface area contributed by atoms with Gasteiger partial charge in [-0.2, -0.15) is 4.98 Å². The second kappa shape index (κ2) is 4.70. The van der Waals surface area contributed by atoms with E-state index < -0.39 is 10.0 Å². The van der Waals surface area contributed by atoms with Gasteiger partial charge in [0.1, 0.15) is 10.7 Å². The van der Waals surface area contributed by atoms with E-state index in [0.717, 1.165) is 0 Å². The molecule has 0 aliphatic rings. The third-order valence-electron chi connectivity index (χ3n) is 2.08. The van der Waals surface area contributed by atoms with Crippen LogP contribution in [-0.4, -0.2) is 23.5 Å². The van der Waals surface area contributed by atoms with Crippen molar-refractivity contribution in [3.8, 4) is 0 Å². The van der Waals surface area contributed by atoms with Crippen LogP contribution in [0.2, 0.25) is 0 Å². The molecule has 18 heavy (non-hydrogen) atoms. The first-order chi connectivity index (χ1) is 8.49. The number of hydrogen-bond acceptors (Lipinski definition) is 7. The highest BCUT2D eigenvalue weighted by molar-refractivity contribution is 7.89. The summed E-state index contributed by atoms with van der Waals surface area (Å²) >= 11 is 0. The normalized spacial score (nSPS) is 11.6. The van der Waals surface area contributed by atoms with Crippen LogP contribution in [0, 0.1) is 6.92 Å². The Labute approximate surface area is 103 Å².